The predicted octanol–water partition coefficient (Wildman–Crippen LogP) is 1.49. The highest BCUT2D eigenvalue weighted by Crippen LogP contribution is 2.23. The lowest BCUT2D eigenvalue weighted by Crippen LogP contribution is -2.39. The molecular formula is C13H24O4S. The highest BCUT2D eigenvalue weighted by atomic mass is 32.2. The Hall–Kier alpha value is -0.390. The molecule has 0 saturated carbocycles. The van der Waals surface area contributed by atoms with Crippen LogP contribution >= 0.6 is 11.8 Å². The second-order valence-electron chi connectivity index (χ2n) is 4.76. The maximum atomic E-state index is 12.0. The van der Waals surface area contributed by atoms with E-state index >= 15 is 0 Å². The lowest BCUT2D eigenvalue weighted by Gasteiger charge is -2.28. The summed E-state index contributed by atoms with van der Waals surface area (Å²) in [6.45, 7) is 6.70. The molecule has 0 aromatic rings. The number of carbonyl (C=O) groups excluding carboxylic acids is 2. The van der Waals surface area contributed by atoms with Gasteiger partial charge < -0.3 is 10.2 Å². The first-order valence-electron chi connectivity index (χ1n) is 6.25. The van der Waals surface area contributed by atoms with Gasteiger partial charge in [0.15, 0.2) is 5.12 Å². The van der Waals surface area contributed by atoms with Crippen molar-refractivity contribution in [2.45, 2.75) is 46.3 Å². The fourth-order valence-corrected chi connectivity index (χ4v) is 2.38. The van der Waals surface area contributed by atoms with Crippen LogP contribution in [-0.4, -0.2) is 39.6 Å². The first-order valence-corrected chi connectivity index (χ1v) is 7.48. The molecule has 0 aliphatic carbocycles. The molecule has 0 rings (SSSR count). The van der Waals surface area contributed by atoms with E-state index in [-0.39, 0.29) is 16.8 Å². The maximum absolute atomic E-state index is 12.0. The average Bonchev–Trinajstić information content (AvgIpc) is 2.40. The number of hydrogen-bond donors (Lipinski definition) is 2. The summed E-state index contributed by atoms with van der Waals surface area (Å²) in [5.41, 5.74) is 0. The van der Waals surface area contributed by atoms with E-state index in [1.54, 1.807) is 27.0 Å². The molecule has 5 heteroatoms. The van der Waals surface area contributed by atoms with Crippen LogP contribution in [0.3, 0.4) is 0 Å². The highest BCUT2D eigenvalue weighted by Gasteiger charge is 2.34. The summed E-state index contributed by atoms with van der Waals surface area (Å²) in [7, 11) is 0. The predicted molar refractivity (Wildman–Crippen MR) is 73.3 cm³/mol. The van der Waals surface area contributed by atoms with Gasteiger partial charge in [0, 0.05) is 11.8 Å². The number of aliphatic hydroxyl groups is 2. The summed E-state index contributed by atoms with van der Waals surface area (Å²) in [5, 5.41) is 19.5. The number of hydrogen-bond acceptors (Lipinski definition) is 5. The Kier molecular flexibility index (Phi) is 7.75. The van der Waals surface area contributed by atoms with Gasteiger partial charge in [0.1, 0.15) is 5.78 Å². The van der Waals surface area contributed by atoms with E-state index < -0.39 is 24.0 Å². The molecular weight excluding hydrogens is 252 g/mol. The van der Waals surface area contributed by atoms with Gasteiger partial charge in [-0.3, -0.25) is 9.59 Å². The highest BCUT2D eigenvalue weighted by molar-refractivity contribution is 8.13. The largest absolute Gasteiger partial charge is 0.393 e. The number of ketones is 1. The zero-order chi connectivity index (χ0) is 14.5. The average molecular weight is 276 g/mol. The first kappa shape index (κ1) is 17.6. The van der Waals surface area contributed by atoms with Gasteiger partial charge >= 0.3 is 0 Å². The van der Waals surface area contributed by atoms with Gasteiger partial charge in [-0.1, -0.05) is 32.5 Å². The molecule has 0 aliphatic rings. The van der Waals surface area contributed by atoms with Gasteiger partial charge in [0.25, 0.3) is 0 Å². The van der Waals surface area contributed by atoms with Gasteiger partial charge in [-0.15, -0.1) is 0 Å². The van der Waals surface area contributed by atoms with Crippen molar-refractivity contribution in [2.75, 3.05) is 6.26 Å². The molecule has 0 radical (unpaired) electrons. The van der Waals surface area contributed by atoms with Crippen LogP contribution in [0.25, 0.3) is 0 Å². The van der Waals surface area contributed by atoms with Crippen LogP contribution in [0.2, 0.25) is 0 Å². The molecule has 0 amide bonds. The van der Waals surface area contributed by atoms with Crippen molar-refractivity contribution in [1.82, 2.24) is 0 Å². The molecule has 0 heterocycles. The second kappa shape index (κ2) is 7.92. The maximum Gasteiger partial charge on any atom is 0.198 e. The Morgan fingerprint density at radius 2 is 1.67 bits per heavy atom. The summed E-state index contributed by atoms with van der Waals surface area (Å²) in [5.74, 6) is -2.01. The van der Waals surface area contributed by atoms with Crippen LogP contribution in [0.4, 0.5) is 0 Å². The standard InChI is InChI=1S/C13H24O4S/c1-6-10(14)7(2)11(15)8(3)12(16)9(4)13(17)18-5/h7-11,14-15H,6H2,1-5H3/t7-,8+,9-,10+,11-/m0/s1. The van der Waals surface area contributed by atoms with Crippen molar-refractivity contribution in [1.29, 1.82) is 0 Å². The van der Waals surface area contributed by atoms with Crippen LogP contribution in [0, 0.1) is 17.8 Å². The second-order valence-corrected chi connectivity index (χ2v) is 5.57. The molecule has 5 atom stereocenters. The monoisotopic (exact) mass is 276 g/mol. The third-order valence-electron chi connectivity index (χ3n) is 3.51. The fourth-order valence-electron chi connectivity index (χ4n) is 1.91. The Balaban J connectivity index is 4.68. The van der Waals surface area contributed by atoms with Gasteiger partial charge in [0.2, 0.25) is 0 Å². The molecule has 18 heavy (non-hydrogen) atoms. The van der Waals surface area contributed by atoms with E-state index in [1.165, 1.54) is 0 Å². The van der Waals surface area contributed by atoms with E-state index in [9.17, 15) is 19.8 Å². The molecule has 0 bridgehead atoms. The topological polar surface area (TPSA) is 74.6 Å². The Morgan fingerprint density at radius 3 is 2.06 bits per heavy atom. The fraction of sp³-hybridized carbons (Fsp3) is 0.846. The van der Waals surface area contributed by atoms with E-state index in [0.29, 0.717) is 6.42 Å². The smallest absolute Gasteiger partial charge is 0.198 e. The molecule has 0 fully saturated rings. The van der Waals surface area contributed by atoms with E-state index in [0.717, 1.165) is 11.8 Å². The summed E-state index contributed by atoms with van der Waals surface area (Å²) in [6, 6.07) is 0. The van der Waals surface area contributed by atoms with Crippen molar-refractivity contribution in [3.63, 3.8) is 0 Å². The molecule has 4 nitrogen and oxygen atoms in total. The van der Waals surface area contributed by atoms with E-state index in [4.69, 9.17) is 0 Å². The zero-order valence-corrected chi connectivity index (χ0v) is 12.5. The summed E-state index contributed by atoms with van der Waals surface area (Å²) >= 11 is 1.02. The van der Waals surface area contributed by atoms with Gasteiger partial charge in [0.05, 0.1) is 18.1 Å². The molecule has 0 aromatic heterocycles. The zero-order valence-electron chi connectivity index (χ0n) is 11.7. The summed E-state index contributed by atoms with van der Waals surface area (Å²) in [6.07, 6.45) is 0.598. The van der Waals surface area contributed by atoms with Crippen molar-refractivity contribution < 1.29 is 19.8 Å². The van der Waals surface area contributed by atoms with Crippen LogP contribution in [0.15, 0.2) is 0 Å². The van der Waals surface area contributed by atoms with Crippen molar-refractivity contribution in [3.05, 3.63) is 0 Å². The quantitative estimate of drug-likeness (QED) is 0.689. The molecule has 0 saturated heterocycles. The summed E-state index contributed by atoms with van der Waals surface area (Å²) < 4.78 is 0. The number of carbonyl (C=O) groups is 2. The third kappa shape index (κ3) is 4.37. The molecule has 0 unspecified atom stereocenters. The van der Waals surface area contributed by atoms with Crippen molar-refractivity contribution >= 4 is 22.7 Å². The van der Waals surface area contributed by atoms with E-state index in [2.05, 4.69) is 0 Å². The molecule has 2 N–H and O–H groups in total. The molecule has 106 valence electrons. The Bertz CT molecular complexity index is 293. The number of rotatable bonds is 7. The lowest BCUT2D eigenvalue weighted by atomic mass is 9.83. The minimum atomic E-state index is -0.926. The molecule has 0 spiro atoms. The number of aliphatic hydroxyl groups excluding tert-OH is 2. The Morgan fingerprint density at radius 1 is 1.17 bits per heavy atom. The molecule has 0 aromatic carbocycles. The summed E-state index contributed by atoms with van der Waals surface area (Å²) in [4.78, 5) is 23.5. The van der Waals surface area contributed by atoms with Gasteiger partial charge in [-0.05, 0) is 19.6 Å². The lowest BCUT2D eigenvalue weighted by molar-refractivity contribution is -0.135. The van der Waals surface area contributed by atoms with Gasteiger partial charge in [-0.25, -0.2) is 0 Å². The minimum absolute atomic E-state index is 0.192. The molecule has 0 aliphatic heterocycles. The third-order valence-corrected chi connectivity index (χ3v) is 4.26. The number of Topliss-reactive ketones (excluding diaryl/α,β-unsaturated/α-hetero) is 1. The Labute approximate surface area is 113 Å². The first-order chi connectivity index (χ1) is 8.27. The van der Waals surface area contributed by atoms with E-state index in [1.807, 2.05) is 6.92 Å². The van der Waals surface area contributed by atoms with Crippen LogP contribution in [0.1, 0.15) is 34.1 Å². The van der Waals surface area contributed by atoms with Crippen molar-refractivity contribution in [3.8, 4) is 0 Å². The van der Waals surface area contributed by atoms with Crippen LogP contribution in [-0.2, 0) is 9.59 Å². The normalized spacial score (nSPS) is 19.7. The number of thioether (sulfide) groups is 1. The van der Waals surface area contributed by atoms with Gasteiger partial charge in [-0.2, -0.15) is 0 Å². The minimum Gasteiger partial charge on any atom is -0.393 e. The van der Waals surface area contributed by atoms with Crippen LogP contribution < -0.4 is 0 Å². The van der Waals surface area contributed by atoms with Crippen LogP contribution in [0.5, 0.6) is 0 Å². The SMILES string of the molecule is CC[C@@H](O)[C@H](C)[C@H](O)[C@@H](C)C(=O)[C@H](C)C(=O)SC. The van der Waals surface area contributed by atoms with Crippen molar-refractivity contribution in [2.24, 2.45) is 17.8 Å².